The molecule has 2 aromatic heterocycles. The Bertz CT molecular complexity index is 1060. The van der Waals surface area contributed by atoms with E-state index >= 15 is 0 Å². The topological polar surface area (TPSA) is 72.7 Å². The molecular formula is C23H21N5O. The first kappa shape index (κ1) is 18.6. The molecule has 0 bridgehead atoms. The Morgan fingerprint density at radius 1 is 0.862 bits per heavy atom. The molecule has 0 spiro atoms. The van der Waals surface area contributed by atoms with Crippen LogP contribution in [0.5, 0.6) is 0 Å². The number of nitrogens with zero attached hydrogens (tertiary/aromatic N) is 4. The first-order chi connectivity index (χ1) is 14.3. The van der Waals surface area contributed by atoms with Gasteiger partial charge < -0.3 is 5.32 Å². The summed E-state index contributed by atoms with van der Waals surface area (Å²) in [6.07, 6.45) is 4.38. The molecule has 6 nitrogen and oxygen atoms in total. The van der Waals surface area contributed by atoms with Crippen LogP contribution >= 0.6 is 0 Å². The molecular weight excluding hydrogens is 362 g/mol. The standard InChI is InChI=1S/C23H21N5O/c29-21(12-11-18-7-3-1-4-8-18)28-23(25-17-19-9-5-2-6-10-19)26-22(27-28)20-13-15-24-16-14-20/h1-10,13-16H,11-12,17H2,(H,25,26,27). The van der Waals surface area contributed by atoms with Gasteiger partial charge in [-0.2, -0.15) is 9.67 Å². The average Bonchev–Trinajstić information content (AvgIpc) is 3.22. The molecule has 0 amide bonds. The van der Waals surface area contributed by atoms with Crippen LogP contribution < -0.4 is 5.32 Å². The highest BCUT2D eigenvalue weighted by Gasteiger charge is 2.17. The number of aryl methyl sites for hydroxylation is 1. The summed E-state index contributed by atoms with van der Waals surface area (Å²) in [5.74, 6) is 0.840. The Hall–Kier alpha value is -3.80. The maximum atomic E-state index is 12.9. The van der Waals surface area contributed by atoms with Gasteiger partial charge in [0.05, 0.1) is 0 Å². The van der Waals surface area contributed by atoms with Crippen molar-refractivity contribution in [1.29, 1.82) is 0 Å². The molecule has 29 heavy (non-hydrogen) atoms. The molecule has 0 aliphatic rings. The van der Waals surface area contributed by atoms with E-state index in [4.69, 9.17) is 0 Å². The van der Waals surface area contributed by atoms with Gasteiger partial charge in [-0.25, -0.2) is 0 Å². The maximum Gasteiger partial charge on any atom is 0.250 e. The molecule has 0 radical (unpaired) electrons. The Morgan fingerprint density at radius 2 is 1.52 bits per heavy atom. The highest BCUT2D eigenvalue weighted by molar-refractivity contribution is 5.81. The molecule has 1 N–H and O–H groups in total. The number of carbonyl (C=O) groups excluding carboxylic acids is 1. The predicted octanol–water partition coefficient (Wildman–Crippen LogP) is 4.23. The number of anilines is 1. The van der Waals surface area contributed by atoms with Crippen molar-refractivity contribution in [2.24, 2.45) is 0 Å². The summed E-state index contributed by atoms with van der Waals surface area (Å²) < 4.78 is 1.38. The molecule has 2 heterocycles. The number of nitrogens with one attached hydrogen (secondary N) is 1. The van der Waals surface area contributed by atoms with Crippen molar-refractivity contribution < 1.29 is 4.79 Å². The summed E-state index contributed by atoms with van der Waals surface area (Å²) in [6, 6.07) is 23.6. The highest BCUT2D eigenvalue weighted by atomic mass is 16.2. The van der Waals surface area contributed by atoms with E-state index in [1.54, 1.807) is 12.4 Å². The van der Waals surface area contributed by atoms with Gasteiger partial charge in [-0.1, -0.05) is 60.7 Å². The smallest absolute Gasteiger partial charge is 0.250 e. The Morgan fingerprint density at radius 3 is 2.21 bits per heavy atom. The van der Waals surface area contributed by atoms with E-state index < -0.39 is 0 Å². The molecule has 0 unspecified atom stereocenters. The van der Waals surface area contributed by atoms with E-state index in [9.17, 15) is 4.79 Å². The Balaban J connectivity index is 1.56. The van der Waals surface area contributed by atoms with Gasteiger partial charge in [-0.05, 0) is 29.7 Å². The molecule has 0 atom stereocenters. The third-order valence-electron chi connectivity index (χ3n) is 4.55. The number of rotatable bonds is 7. The molecule has 144 valence electrons. The second kappa shape index (κ2) is 8.93. The summed E-state index contributed by atoms with van der Waals surface area (Å²) >= 11 is 0. The van der Waals surface area contributed by atoms with E-state index in [0.717, 1.165) is 16.7 Å². The molecule has 0 aliphatic heterocycles. The first-order valence-corrected chi connectivity index (χ1v) is 9.52. The molecule has 0 saturated carbocycles. The van der Waals surface area contributed by atoms with Gasteiger partial charge in [-0.3, -0.25) is 9.78 Å². The van der Waals surface area contributed by atoms with Crippen LogP contribution in [0.4, 0.5) is 5.95 Å². The lowest BCUT2D eigenvalue weighted by Crippen LogP contribution is -2.17. The SMILES string of the molecule is O=C(CCc1ccccc1)n1nc(-c2ccncc2)nc1NCc1ccccc1. The van der Waals surface area contributed by atoms with E-state index in [-0.39, 0.29) is 5.91 Å². The van der Waals surface area contributed by atoms with Crippen LogP contribution in [-0.2, 0) is 13.0 Å². The summed E-state index contributed by atoms with van der Waals surface area (Å²) in [6.45, 7) is 0.557. The molecule has 0 fully saturated rings. The fourth-order valence-corrected chi connectivity index (χ4v) is 3.00. The van der Waals surface area contributed by atoms with Gasteiger partial charge in [0.1, 0.15) is 0 Å². The van der Waals surface area contributed by atoms with Crippen LogP contribution in [0.3, 0.4) is 0 Å². The minimum absolute atomic E-state index is 0.0998. The van der Waals surface area contributed by atoms with Crippen LogP contribution in [0.15, 0.2) is 85.2 Å². The Labute approximate surface area is 169 Å². The van der Waals surface area contributed by atoms with Gasteiger partial charge in [-0.15, -0.1) is 5.10 Å². The lowest BCUT2D eigenvalue weighted by molar-refractivity contribution is 0.0890. The van der Waals surface area contributed by atoms with Gasteiger partial charge >= 0.3 is 0 Å². The van der Waals surface area contributed by atoms with Gasteiger partial charge in [0.25, 0.3) is 0 Å². The lowest BCUT2D eigenvalue weighted by atomic mass is 10.1. The van der Waals surface area contributed by atoms with Crippen molar-refractivity contribution in [2.45, 2.75) is 19.4 Å². The van der Waals surface area contributed by atoms with Crippen LogP contribution in [0.25, 0.3) is 11.4 Å². The van der Waals surface area contributed by atoms with E-state index in [1.807, 2.05) is 72.8 Å². The van der Waals surface area contributed by atoms with E-state index in [2.05, 4.69) is 20.4 Å². The number of hydrogen-bond acceptors (Lipinski definition) is 5. The molecule has 4 aromatic rings. The van der Waals surface area contributed by atoms with Crippen LogP contribution in [0, 0.1) is 0 Å². The van der Waals surface area contributed by atoms with E-state index in [1.165, 1.54) is 4.68 Å². The summed E-state index contributed by atoms with van der Waals surface area (Å²) in [5.41, 5.74) is 3.04. The number of hydrogen-bond donors (Lipinski definition) is 1. The third-order valence-corrected chi connectivity index (χ3v) is 4.55. The molecule has 0 saturated heterocycles. The van der Waals surface area contributed by atoms with Gasteiger partial charge in [0, 0.05) is 30.9 Å². The van der Waals surface area contributed by atoms with Crippen molar-refractivity contribution in [3.63, 3.8) is 0 Å². The summed E-state index contributed by atoms with van der Waals surface area (Å²) in [5, 5.41) is 7.72. The fraction of sp³-hybridized carbons (Fsp3) is 0.130. The highest BCUT2D eigenvalue weighted by Crippen LogP contribution is 2.18. The van der Waals surface area contributed by atoms with Gasteiger partial charge in [0.15, 0.2) is 5.82 Å². The predicted molar refractivity (Wildman–Crippen MR) is 112 cm³/mol. The second-order valence-electron chi connectivity index (χ2n) is 6.63. The monoisotopic (exact) mass is 383 g/mol. The van der Waals surface area contributed by atoms with Crippen LogP contribution in [-0.4, -0.2) is 25.7 Å². The first-order valence-electron chi connectivity index (χ1n) is 9.52. The Kier molecular flexibility index (Phi) is 5.71. The van der Waals surface area contributed by atoms with Crippen molar-refractivity contribution in [1.82, 2.24) is 19.7 Å². The largest absolute Gasteiger partial charge is 0.350 e. The number of pyridine rings is 1. The van der Waals surface area contributed by atoms with Crippen LogP contribution in [0.2, 0.25) is 0 Å². The van der Waals surface area contributed by atoms with E-state index in [0.29, 0.717) is 31.2 Å². The summed E-state index contributed by atoms with van der Waals surface area (Å²) in [4.78, 5) is 21.5. The van der Waals surface area contributed by atoms with Gasteiger partial charge in [0.2, 0.25) is 11.9 Å². The zero-order valence-electron chi connectivity index (χ0n) is 15.9. The zero-order valence-corrected chi connectivity index (χ0v) is 15.9. The number of aromatic nitrogens is 4. The second-order valence-corrected chi connectivity index (χ2v) is 6.63. The fourth-order valence-electron chi connectivity index (χ4n) is 3.00. The molecule has 0 aliphatic carbocycles. The normalized spacial score (nSPS) is 10.6. The van der Waals surface area contributed by atoms with Crippen molar-refractivity contribution in [3.05, 3.63) is 96.3 Å². The summed E-state index contributed by atoms with van der Waals surface area (Å²) in [7, 11) is 0. The molecule has 6 heteroatoms. The zero-order chi connectivity index (χ0) is 19.9. The quantitative estimate of drug-likeness (QED) is 0.517. The number of carbonyl (C=O) groups is 1. The maximum absolute atomic E-state index is 12.9. The molecule has 2 aromatic carbocycles. The van der Waals surface area contributed by atoms with Crippen LogP contribution in [0.1, 0.15) is 22.3 Å². The third kappa shape index (κ3) is 4.73. The lowest BCUT2D eigenvalue weighted by Gasteiger charge is -2.07. The average molecular weight is 383 g/mol. The van der Waals surface area contributed by atoms with Crippen molar-refractivity contribution in [2.75, 3.05) is 5.32 Å². The minimum atomic E-state index is -0.0998. The van der Waals surface area contributed by atoms with Crippen molar-refractivity contribution in [3.8, 4) is 11.4 Å². The minimum Gasteiger partial charge on any atom is -0.350 e. The molecule has 4 rings (SSSR count). The number of benzene rings is 2. The van der Waals surface area contributed by atoms with Crippen molar-refractivity contribution >= 4 is 11.9 Å².